The van der Waals surface area contributed by atoms with E-state index in [1.54, 1.807) is 30.3 Å². The summed E-state index contributed by atoms with van der Waals surface area (Å²) in [6, 6.07) is 19.8. The van der Waals surface area contributed by atoms with Crippen molar-refractivity contribution in [2.75, 3.05) is 16.1 Å². The van der Waals surface area contributed by atoms with Crippen LogP contribution in [0, 0.1) is 13.8 Å². The Morgan fingerprint density at radius 3 is 2.29 bits per heavy atom. The van der Waals surface area contributed by atoms with Crippen LogP contribution in [0.1, 0.15) is 21.6 Å². The number of aryl methyl sites for hydroxylation is 2. The molecule has 0 fully saturated rings. The molecule has 0 unspecified atom stereocenters. The van der Waals surface area contributed by atoms with Gasteiger partial charge in [-0.05, 0) is 89.4 Å². The van der Waals surface area contributed by atoms with E-state index >= 15 is 0 Å². The predicted molar refractivity (Wildman–Crippen MR) is 141 cm³/mol. The van der Waals surface area contributed by atoms with E-state index in [0.717, 1.165) is 15.6 Å². The Labute approximate surface area is 212 Å². The minimum Gasteiger partial charge on any atom is -0.321 e. The molecular weight excluding hydrogens is 564 g/mol. The molecule has 172 valence electrons. The fourth-order valence-electron chi connectivity index (χ4n) is 3.44. The van der Waals surface area contributed by atoms with Gasteiger partial charge < -0.3 is 10.6 Å². The third kappa shape index (κ3) is 5.21. The number of carbonyl (C=O) groups excluding carboxylic acids is 3. The normalized spacial score (nSPS) is 10.7. The number of anilines is 2. The monoisotopic (exact) mass is 582 g/mol. The number of carbonyl (C=O) groups is 3. The molecule has 0 atom stereocenters. The van der Waals surface area contributed by atoms with Crippen molar-refractivity contribution in [3.63, 3.8) is 0 Å². The number of aromatic nitrogens is 1. The number of hydrogen-bond acceptors (Lipinski definition) is 3. The average molecular weight is 584 g/mol. The van der Waals surface area contributed by atoms with Crippen LogP contribution in [0.15, 0.2) is 75.7 Å². The van der Waals surface area contributed by atoms with E-state index in [1.807, 2.05) is 50.2 Å². The molecule has 0 saturated carbocycles. The summed E-state index contributed by atoms with van der Waals surface area (Å²) in [5.74, 6) is -2.22. The molecule has 4 rings (SSSR count). The molecule has 0 aliphatic heterocycles. The summed E-state index contributed by atoms with van der Waals surface area (Å²) in [7, 11) is 0. The van der Waals surface area contributed by atoms with Crippen LogP contribution in [0.2, 0.25) is 0 Å². The maximum absolute atomic E-state index is 13.1. The van der Waals surface area contributed by atoms with E-state index in [2.05, 4.69) is 47.9 Å². The first-order chi connectivity index (χ1) is 16.2. The number of benzene rings is 3. The van der Waals surface area contributed by atoms with Crippen LogP contribution in [0.25, 0.3) is 10.9 Å². The van der Waals surface area contributed by atoms with Gasteiger partial charge in [0.2, 0.25) is 0 Å². The van der Waals surface area contributed by atoms with Gasteiger partial charge in [-0.25, -0.2) is 4.68 Å². The standard InChI is InChI=1S/C25H20Br2N4O3/c1-14-4-3-5-18(10-14)28-23(32)22-13-16-12-17(26)7-9-21(16)31(22)30-25(34)24(33)29-20-8-6-15(2)11-19(20)27/h3-13H,1-2H3,(H,28,32)(H,29,33)(H,30,34). The van der Waals surface area contributed by atoms with Crippen LogP contribution in [0.4, 0.5) is 11.4 Å². The van der Waals surface area contributed by atoms with Gasteiger partial charge >= 0.3 is 11.8 Å². The van der Waals surface area contributed by atoms with Crippen molar-refractivity contribution in [1.29, 1.82) is 0 Å². The molecule has 9 heteroatoms. The fraction of sp³-hybridized carbons (Fsp3) is 0.0800. The Balaban J connectivity index is 1.63. The summed E-state index contributed by atoms with van der Waals surface area (Å²) in [5, 5.41) is 6.14. The van der Waals surface area contributed by atoms with Gasteiger partial charge in [0.25, 0.3) is 5.91 Å². The van der Waals surface area contributed by atoms with Gasteiger partial charge in [-0.15, -0.1) is 0 Å². The zero-order chi connectivity index (χ0) is 24.4. The number of fused-ring (bicyclic) bond motifs is 1. The van der Waals surface area contributed by atoms with Crippen LogP contribution in [-0.2, 0) is 9.59 Å². The molecule has 0 saturated heterocycles. The second-order valence-corrected chi connectivity index (χ2v) is 9.54. The fourth-order valence-corrected chi connectivity index (χ4v) is 4.42. The lowest BCUT2D eigenvalue weighted by Gasteiger charge is -2.13. The van der Waals surface area contributed by atoms with E-state index in [-0.39, 0.29) is 5.69 Å². The van der Waals surface area contributed by atoms with Gasteiger partial charge in [-0.1, -0.05) is 34.1 Å². The van der Waals surface area contributed by atoms with E-state index in [0.29, 0.717) is 26.8 Å². The smallest absolute Gasteiger partial charge is 0.321 e. The van der Waals surface area contributed by atoms with E-state index in [1.165, 1.54) is 4.68 Å². The molecule has 0 spiro atoms. The lowest BCUT2D eigenvalue weighted by Crippen LogP contribution is -2.36. The summed E-state index contributed by atoms with van der Waals surface area (Å²) in [6.07, 6.45) is 0. The Morgan fingerprint density at radius 1 is 0.794 bits per heavy atom. The molecule has 4 aromatic rings. The van der Waals surface area contributed by atoms with Gasteiger partial charge in [0, 0.05) is 20.0 Å². The summed E-state index contributed by atoms with van der Waals surface area (Å²) >= 11 is 6.81. The molecule has 7 nitrogen and oxygen atoms in total. The second-order valence-electron chi connectivity index (χ2n) is 7.77. The Morgan fingerprint density at radius 2 is 1.56 bits per heavy atom. The Hall–Kier alpha value is -3.43. The third-order valence-electron chi connectivity index (χ3n) is 5.06. The molecule has 3 amide bonds. The molecular formula is C25H20Br2N4O3. The molecule has 3 N–H and O–H groups in total. The van der Waals surface area contributed by atoms with Gasteiger partial charge in [0.1, 0.15) is 5.69 Å². The minimum atomic E-state index is -0.919. The number of nitrogens with one attached hydrogen (secondary N) is 3. The van der Waals surface area contributed by atoms with Gasteiger partial charge in [0.05, 0.1) is 11.2 Å². The lowest BCUT2D eigenvalue weighted by atomic mass is 10.2. The lowest BCUT2D eigenvalue weighted by molar-refractivity contribution is -0.133. The SMILES string of the molecule is Cc1cccc(NC(=O)c2cc3cc(Br)ccc3n2NC(=O)C(=O)Nc2ccc(C)cc2Br)c1. The molecule has 3 aromatic carbocycles. The van der Waals surface area contributed by atoms with Gasteiger partial charge in [-0.3, -0.25) is 19.8 Å². The average Bonchev–Trinajstić information content (AvgIpc) is 3.13. The first kappa shape index (κ1) is 23.7. The van der Waals surface area contributed by atoms with E-state index in [4.69, 9.17) is 0 Å². The van der Waals surface area contributed by atoms with Crippen molar-refractivity contribution in [2.45, 2.75) is 13.8 Å². The van der Waals surface area contributed by atoms with Crippen molar-refractivity contribution < 1.29 is 14.4 Å². The van der Waals surface area contributed by atoms with Crippen molar-refractivity contribution in [1.82, 2.24) is 4.68 Å². The van der Waals surface area contributed by atoms with Crippen LogP contribution < -0.4 is 16.1 Å². The quantitative estimate of drug-likeness (QED) is 0.267. The first-order valence-electron chi connectivity index (χ1n) is 10.3. The van der Waals surface area contributed by atoms with Crippen molar-refractivity contribution in [2.24, 2.45) is 0 Å². The highest BCUT2D eigenvalue weighted by Crippen LogP contribution is 2.25. The summed E-state index contributed by atoms with van der Waals surface area (Å²) in [6.45, 7) is 3.84. The maximum atomic E-state index is 13.1. The highest BCUT2D eigenvalue weighted by atomic mass is 79.9. The highest BCUT2D eigenvalue weighted by molar-refractivity contribution is 9.10. The zero-order valence-corrected chi connectivity index (χ0v) is 21.5. The number of amides is 3. The van der Waals surface area contributed by atoms with Crippen LogP contribution in [0.5, 0.6) is 0 Å². The largest absolute Gasteiger partial charge is 0.328 e. The molecule has 0 radical (unpaired) electrons. The minimum absolute atomic E-state index is 0.173. The van der Waals surface area contributed by atoms with Gasteiger partial charge in [-0.2, -0.15) is 0 Å². The topological polar surface area (TPSA) is 92.2 Å². The first-order valence-corrected chi connectivity index (χ1v) is 11.9. The van der Waals surface area contributed by atoms with E-state index < -0.39 is 17.7 Å². The third-order valence-corrected chi connectivity index (χ3v) is 6.21. The predicted octanol–water partition coefficient (Wildman–Crippen LogP) is 5.74. The number of halogens is 2. The summed E-state index contributed by atoms with van der Waals surface area (Å²) in [5.41, 5.74) is 6.38. The summed E-state index contributed by atoms with van der Waals surface area (Å²) in [4.78, 5) is 38.5. The molecule has 1 heterocycles. The molecule has 0 aliphatic carbocycles. The van der Waals surface area contributed by atoms with E-state index in [9.17, 15) is 14.4 Å². The molecule has 34 heavy (non-hydrogen) atoms. The number of rotatable bonds is 4. The van der Waals surface area contributed by atoms with Crippen LogP contribution in [0.3, 0.4) is 0 Å². The summed E-state index contributed by atoms with van der Waals surface area (Å²) < 4.78 is 2.79. The second kappa shape index (κ2) is 9.82. The Kier molecular flexibility index (Phi) is 6.85. The molecule has 0 aliphatic rings. The van der Waals surface area contributed by atoms with Crippen LogP contribution in [-0.4, -0.2) is 22.4 Å². The molecule has 1 aromatic heterocycles. The Bertz CT molecular complexity index is 1450. The van der Waals surface area contributed by atoms with Crippen molar-refractivity contribution >= 4 is 71.9 Å². The van der Waals surface area contributed by atoms with Crippen molar-refractivity contribution in [3.8, 4) is 0 Å². The van der Waals surface area contributed by atoms with Gasteiger partial charge in [0.15, 0.2) is 0 Å². The number of nitrogens with zero attached hydrogens (tertiary/aromatic N) is 1. The van der Waals surface area contributed by atoms with Crippen molar-refractivity contribution in [3.05, 3.63) is 92.5 Å². The van der Waals surface area contributed by atoms with Crippen LogP contribution >= 0.6 is 31.9 Å². The zero-order valence-electron chi connectivity index (χ0n) is 18.3. The highest BCUT2D eigenvalue weighted by Gasteiger charge is 2.21. The maximum Gasteiger partial charge on any atom is 0.328 e. The molecule has 0 bridgehead atoms. The number of hydrogen-bond donors (Lipinski definition) is 3.